The van der Waals surface area contributed by atoms with Gasteiger partial charge in [-0.1, -0.05) is 44.2 Å². The van der Waals surface area contributed by atoms with Gasteiger partial charge in [-0.25, -0.2) is 0 Å². The summed E-state index contributed by atoms with van der Waals surface area (Å²) in [7, 11) is 6.23. The van der Waals surface area contributed by atoms with Crippen LogP contribution in [0.2, 0.25) is 5.82 Å². The second-order valence-electron chi connectivity index (χ2n) is 8.85. The van der Waals surface area contributed by atoms with Crippen LogP contribution in [-0.4, -0.2) is 7.85 Å². The van der Waals surface area contributed by atoms with E-state index in [9.17, 15) is 0 Å². The van der Waals surface area contributed by atoms with Crippen LogP contribution < -0.4 is 0 Å². The van der Waals surface area contributed by atoms with E-state index in [1.807, 2.05) is 0 Å². The van der Waals surface area contributed by atoms with Crippen LogP contribution in [0.1, 0.15) is 71.6 Å². The van der Waals surface area contributed by atoms with E-state index in [0.29, 0.717) is 16.6 Å². The monoisotopic (exact) mass is 268 g/mol. The molecule has 6 atom stereocenters. The maximum Gasteiger partial charge on any atom is 0.0703 e. The number of rotatable bonds is 0. The summed E-state index contributed by atoms with van der Waals surface area (Å²) in [6.45, 7) is 5.18. The third-order valence-electron chi connectivity index (χ3n) is 7.92. The van der Waals surface area contributed by atoms with Gasteiger partial charge in [0.1, 0.15) is 0 Å². The summed E-state index contributed by atoms with van der Waals surface area (Å²) < 4.78 is 0. The molecule has 0 bridgehead atoms. The molecule has 3 saturated carbocycles. The van der Waals surface area contributed by atoms with Crippen LogP contribution in [0.25, 0.3) is 0 Å². The molecule has 0 aromatic heterocycles. The van der Waals surface area contributed by atoms with Crippen LogP contribution >= 0.6 is 0 Å². The van der Waals surface area contributed by atoms with Gasteiger partial charge in [-0.3, -0.25) is 0 Å². The van der Waals surface area contributed by atoms with Gasteiger partial charge in [-0.2, -0.15) is 0 Å². The van der Waals surface area contributed by atoms with E-state index in [4.69, 9.17) is 7.85 Å². The smallest absolute Gasteiger partial charge is 0.0703 e. The zero-order chi connectivity index (χ0) is 14.0. The third kappa shape index (κ3) is 1.74. The predicted octanol–water partition coefficient (Wildman–Crippen LogP) is 5.30. The Morgan fingerprint density at radius 2 is 1.90 bits per heavy atom. The predicted molar refractivity (Wildman–Crippen MR) is 85.8 cm³/mol. The molecule has 3 fully saturated rings. The van der Waals surface area contributed by atoms with Gasteiger partial charge in [-0.05, 0) is 73.5 Å². The highest BCUT2D eigenvalue weighted by atomic mass is 14.6. The van der Waals surface area contributed by atoms with E-state index in [-0.39, 0.29) is 0 Å². The van der Waals surface area contributed by atoms with Crippen LogP contribution in [0, 0.1) is 28.6 Å². The van der Waals surface area contributed by atoms with E-state index in [1.165, 1.54) is 57.8 Å². The lowest BCUT2D eigenvalue weighted by atomic mass is 9.47. The van der Waals surface area contributed by atoms with Gasteiger partial charge in [-0.15, -0.1) is 0 Å². The van der Waals surface area contributed by atoms with Crippen LogP contribution in [0.3, 0.4) is 0 Å². The molecule has 108 valence electrons. The fourth-order valence-electron chi connectivity index (χ4n) is 6.68. The van der Waals surface area contributed by atoms with Crippen molar-refractivity contribution in [2.24, 2.45) is 28.6 Å². The highest BCUT2D eigenvalue weighted by Crippen LogP contribution is 2.65. The van der Waals surface area contributed by atoms with E-state index in [2.05, 4.69) is 19.9 Å². The Kier molecular flexibility index (Phi) is 2.96. The minimum Gasteiger partial charge on any atom is -0.0845 e. The third-order valence-corrected chi connectivity index (χ3v) is 7.92. The van der Waals surface area contributed by atoms with Gasteiger partial charge in [0.15, 0.2) is 0 Å². The molecule has 0 saturated heterocycles. The van der Waals surface area contributed by atoms with Gasteiger partial charge >= 0.3 is 0 Å². The Balaban J connectivity index is 1.68. The maximum atomic E-state index is 6.23. The van der Waals surface area contributed by atoms with Crippen molar-refractivity contribution in [2.75, 3.05) is 0 Å². The van der Waals surface area contributed by atoms with Crippen molar-refractivity contribution < 1.29 is 0 Å². The highest BCUT2D eigenvalue weighted by molar-refractivity contribution is 6.11. The maximum absolute atomic E-state index is 6.23. The van der Waals surface area contributed by atoms with Crippen LogP contribution in [0.15, 0.2) is 11.6 Å². The second-order valence-corrected chi connectivity index (χ2v) is 8.85. The summed E-state index contributed by atoms with van der Waals surface area (Å²) in [5.74, 6) is 3.41. The number of fused-ring (bicyclic) bond motifs is 5. The van der Waals surface area contributed by atoms with Gasteiger partial charge in [0, 0.05) is 0 Å². The second kappa shape index (κ2) is 4.40. The van der Waals surface area contributed by atoms with E-state index in [0.717, 1.165) is 17.8 Å². The van der Waals surface area contributed by atoms with Crippen molar-refractivity contribution in [3.63, 3.8) is 0 Å². The summed E-state index contributed by atoms with van der Waals surface area (Å²) in [6.07, 6.45) is 15.3. The lowest BCUT2D eigenvalue weighted by molar-refractivity contribution is -0.0247. The Morgan fingerprint density at radius 1 is 1.05 bits per heavy atom. The standard InChI is InChI=1S/C19H29B/c1-18-9-3-4-16(18)15-6-5-13-12-14(20)7-11-19(13,2)17(15)8-10-18/h5,14-17H,3-4,6-12H2,1-2H3. The molecule has 0 heterocycles. The zero-order valence-electron chi connectivity index (χ0n) is 13.3. The summed E-state index contributed by atoms with van der Waals surface area (Å²) >= 11 is 0. The molecular weight excluding hydrogens is 239 g/mol. The first-order valence-corrected chi connectivity index (χ1v) is 8.98. The van der Waals surface area contributed by atoms with Crippen LogP contribution in [0.4, 0.5) is 0 Å². The molecule has 4 aliphatic carbocycles. The minimum absolute atomic E-state index is 0.436. The molecule has 2 radical (unpaired) electrons. The Morgan fingerprint density at radius 3 is 2.75 bits per heavy atom. The van der Waals surface area contributed by atoms with Crippen molar-refractivity contribution in [2.45, 2.75) is 77.5 Å². The molecule has 0 amide bonds. The lowest BCUT2D eigenvalue weighted by Gasteiger charge is -2.57. The molecule has 0 spiro atoms. The van der Waals surface area contributed by atoms with Crippen LogP contribution in [-0.2, 0) is 0 Å². The largest absolute Gasteiger partial charge is 0.0845 e. The molecule has 4 aliphatic rings. The molecule has 0 N–H and O–H groups in total. The first-order valence-electron chi connectivity index (χ1n) is 8.98. The summed E-state index contributed by atoms with van der Waals surface area (Å²) in [5.41, 5.74) is 2.93. The van der Waals surface area contributed by atoms with E-state index in [1.54, 1.807) is 5.57 Å². The van der Waals surface area contributed by atoms with Crippen molar-refractivity contribution in [3.8, 4) is 0 Å². The molecule has 0 aliphatic heterocycles. The first kappa shape index (κ1) is 13.5. The number of hydrogen-bond acceptors (Lipinski definition) is 0. The molecular formula is C19H29B. The fourth-order valence-corrected chi connectivity index (χ4v) is 6.68. The van der Waals surface area contributed by atoms with Crippen molar-refractivity contribution in [3.05, 3.63) is 11.6 Å². The molecule has 0 aromatic carbocycles. The highest BCUT2D eigenvalue weighted by Gasteiger charge is 2.55. The van der Waals surface area contributed by atoms with Crippen molar-refractivity contribution in [1.29, 1.82) is 0 Å². The van der Waals surface area contributed by atoms with Crippen molar-refractivity contribution in [1.82, 2.24) is 0 Å². The van der Waals surface area contributed by atoms with Gasteiger partial charge in [0.05, 0.1) is 7.85 Å². The molecule has 20 heavy (non-hydrogen) atoms. The summed E-state index contributed by atoms with van der Waals surface area (Å²) in [4.78, 5) is 0. The van der Waals surface area contributed by atoms with Gasteiger partial charge in [0.2, 0.25) is 0 Å². The normalized spacial score (nSPS) is 54.6. The molecule has 0 nitrogen and oxygen atoms in total. The zero-order valence-corrected chi connectivity index (χ0v) is 13.3. The van der Waals surface area contributed by atoms with Gasteiger partial charge < -0.3 is 0 Å². The van der Waals surface area contributed by atoms with E-state index >= 15 is 0 Å². The number of hydrogen-bond donors (Lipinski definition) is 0. The average Bonchev–Trinajstić information content (AvgIpc) is 2.81. The van der Waals surface area contributed by atoms with Crippen LogP contribution in [0.5, 0.6) is 0 Å². The average molecular weight is 268 g/mol. The topological polar surface area (TPSA) is 0 Å². The minimum atomic E-state index is 0.436. The lowest BCUT2D eigenvalue weighted by Crippen LogP contribution is -2.48. The Bertz CT molecular complexity index is 439. The molecule has 0 aromatic rings. The number of allylic oxidation sites excluding steroid dienone is 2. The molecule has 4 rings (SSSR count). The summed E-state index contributed by atoms with van der Waals surface area (Å²) in [6, 6.07) is 0. The van der Waals surface area contributed by atoms with E-state index < -0.39 is 0 Å². The summed E-state index contributed by atoms with van der Waals surface area (Å²) in [5, 5.41) is 0. The quantitative estimate of drug-likeness (QED) is 0.413. The Hall–Kier alpha value is -0.195. The van der Waals surface area contributed by atoms with Crippen molar-refractivity contribution >= 4 is 7.85 Å². The SMILES string of the molecule is [B]C1CCC2(C)C(=CCC3C4CCCC4(C)CCC32)C1. The van der Waals surface area contributed by atoms with Gasteiger partial charge in [0.25, 0.3) is 0 Å². The Labute approximate surface area is 126 Å². The molecule has 6 unspecified atom stereocenters. The first-order chi connectivity index (χ1) is 9.53. The molecule has 1 heteroatoms. The fraction of sp³-hybridized carbons (Fsp3) is 0.895.